The number of hydrogen-bond acceptors (Lipinski definition) is 3. The third-order valence-electron chi connectivity index (χ3n) is 2.97. The topological polar surface area (TPSA) is 49.4 Å². The first-order chi connectivity index (χ1) is 7.20. The molecule has 1 unspecified atom stereocenters. The van der Waals surface area contributed by atoms with E-state index < -0.39 is 5.97 Å². The van der Waals surface area contributed by atoms with Gasteiger partial charge in [-0.15, -0.1) is 0 Å². The molecular formula is C12H13O3-. The highest BCUT2D eigenvalue weighted by Crippen LogP contribution is 2.37. The van der Waals surface area contributed by atoms with E-state index >= 15 is 0 Å². The Labute approximate surface area is 88.7 Å². The monoisotopic (exact) mass is 205 g/mol. The zero-order valence-corrected chi connectivity index (χ0v) is 8.66. The van der Waals surface area contributed by atoms with E-state index in [2.05, 4.69) is 0 Å². The summed E-state index contributed by atoms with van der Waals surface area (Å²) in [6.07, 6.45) is 1.97. The van der Waals surface area contributed by atoms with Crippen molar-refractivity contribution in [3.8, 4) is 5.75 Å². The minimum atomic E-state index is -0.976. The fraction of sp³-hybridized carbons (Fsp3) is 0.417. The summed E-state index contributed by atoms with van der Waals surface area (Å²) in [7, 11) is 1.62. The van der Waals surface area contributed by atoms with Crippen LogP contribution in [0.15, 0.2) is 18.2 Å². The molecule has 1 aromatic rings. The highest BCUT2D eigenvalue weighted by molar-refractivity contribution is 5.66. The number of carbonyl (C=O) groups is 1. The van der Waals surface area contributed by atoms with Gasteiger partial charge in [0.2, 0.25) is 0 Å². The fourth-order valence-electron chi connectivity index (χ4n) is 2.21. The third kappa shape index (κ3) is 1.96. The molecule has 0 bridgehead atoms. The van der Waals surface area contributed by atoms with Crippen molar-refractivity contribution in [3.05, 3.63) is 29.3 Å². The van der Waals surface area contributed by atoms with Gasteiger partial charge in [0, 0.05) is 5.97 Å². The second-order valence-corrected chi connectivity index (χ2v) is 3.88. The molecule has 0 N–H and O–H groups in total. The zero-order valence-electron chi connectivity index (χ0n) is 8.66. The van der Waals surface area contributed by atoms with Crippen molar-refractivity contribution >= 4 is 5.97 Å². The number of aryl methyl sites for hydroxylation is 1. The Bertz CT molecular complexity index is 384. The molecule has 1 aromatic carbocycles. The Hall–Kier alpha value is -1.51. The minimum Gasteiger partial charge on any atom is -0.550 e. The van der Waals surface area contributed by atoms with Crippen molar-refractivity contribution in [3.63, 3.8) is 0 Å². The van der Waals surface area contributed by atoms with E-state index in [1.165, 1.54) is 5.56 Å². The highest BCUT2D eigenvalue weighted by Gasteiger charge is 2.22. The predicted octanol–water partition coefficient (Wildman–Crippen LogP) is 0.865. The van der Waals surface area contributed by atoms with Gasteiger partial charge in [-0.2, -0.15) is 0 Å². The Balaban J connectivity index is 2.27. The standard InChI is InChI=1S/C12H14O3/c1-15-10-5-4-8-2-3-9(6-12(13)14)11(8)7-10/h4-5,7,9H,2-3,6H2,1H3,(H,13,14)/p-1. The van der Waals surface area contributed by atoms with Gasteiger partial charge in [0.25, 0.3) is 0 Å². The molecule has 1 aliphatic carbocycles. The zero-order chi connectivity index (χ0) is 10.8. The summed E-state index contributed by atoms with van der Waals surface area (Å²) >= 11 is 0. The van der Waals surface area contributed by atoms with E-state index in [1.807, 2.05) is 18.2 Å². The molecule has 0 saturated heterocycles. The molecule has 3 heteroatoms. The number of methoxy groups -OCH3 is 1. The first-order valence-electron chi connectivity index (χ1n) is 5.07. The Morgan fingerprint density at radius 2 is 2.40 bits per heavy atom. The molecule has 1 atom stereocenters. The van der Waals surface area contributed by atoms with Crippen molar-refractivity contribution in [2.24, 2.45) is 0 Å². The summed E-state index contributed by atoms with van der Waals surface area (Å²) in [4.78, 5) is 10.6. The molecule has 0 fully saturated rings. The molecule has 0 saturated carbocycles. The summed E-state index contributed by atoms with van der Waals surface area (Å²) in [5, 5.41) is 10.6. The Morgan fingerprint density at radius 3 is 3.07 bits per heavy atom. The maximum atomic E-state index is 10.6. The smallest absolute Gasteiger partial charge is 0.119 e. The normalized spacial score (nSPS) is 18.6. The SMILES string of the molecule is COc1ccc2c(c1)C(CC(=O)[O-])CC2. The molecule has 3 nitrogen and oxygen atoms in total. The molecule has 0 spiro atoms. The van der Waals surface area contributed by atoms with Gasteiger partial charge >= 0.3 is 0 Å². The lowest BCUT2D eigenvalue weighted by atomic mass is 9.98. The van der Waals surface area contributed by atoms with Crippen molar-refractivity contribution in [2.45, 2.75) is 25.2 Å². The van der Waals surface area contributed by atoms with E-state index in [0.29, 0.717) is 0 Å². The van der Waals surface area contributed by atoms with Crippen LogP contribution >= 0.6 is 0 Å². The fourth-order valence-corrected chi connectivity index (χ4v) is 2.21. The van der Waals surface area contributed by atoms with Crippen LogP contribution in [0.2, 0.25) is 0 Å². The third-order valence-corrected chi connectivity index (χ3v) is 2.97. The number of aliphatic carboxylic acids is 1. The number of carbonyl (C=O) groups excluding carboxylic acids is 1. The van der Waals surface area contributed by atoms with Gasteiger partial charge < -0.3 is 14.6 Å². The Kier molecular flexibility index (Phi) is 2.62. The average Bonchev–Trinajstić information content (AvgIpc) is 2.60. The average molecular weight is 205 g/mol. The number of carboxylic acids is 1. The van der Waals surface area contributed by atoms with E-state index in [0.717, 1.165) is 24.2 Å². The van der Waals surface area contributed by atoms with Crippen LogP contribution in [0.3, 0.4) is 0 Å². The maximum absolute atomic E-state index is 10.6. The van der Waals surface area contributed by atoms with Crippen LogP contribution in [0, 0.1) is 0 Å². The lowest BCUT2D eigenvalue weighted by Gasteiger charge is -2.12. The second-order valence-electron chi connectivity index (χ2n) is 3.88. The lowest BCUT2D eigenvalue weighted by Crippen LogP contribution is -2.23. The van der Waals surface area contributed by atoms with Crippen molar-refractivity contribution in [1.82, 2.24) is 0 Å². The largest absolute Gasteiger partial charge is 0.550 e. The van der Waals surface area contributed by atoms with Gasteiger partial charge in [0.15, 0.2) is 0 Å². The van der Waals surface area contributed by atoms with Gasteiger partial charge in [-0.1, -0.05) is 6.07 Å². The van der Waals surface area contributed by atoms with Crippen LogP contribution in [0.1, 0.15) is 29.9 Å². The number of benzene rings is 1. The summed E-state index contributed by atoms with van der Waals surface area (Å²) in [5.41, 5.74) is 2.35. The van der Waals surface area contributed by atoms with Crippen LogP contribution < -0.4 is 9.84 Å². The minimum absolute atomic E-state index is 0.0973. The van der Waals surface area contributed by atoms with Gasteiger partial charge in [-0.25, -0.2) is 0 Å². The van der Waals surface area contributed by atoms with E-state index in [9.17, 15) is 9.90 Å². The summed E-state index contributed by atoms with van der Waals surface area (Å²) in [5.74, 6) is -0.0882. The first kappa shape index (κ1) is 10.0. The van der Waals surface area contributed by atoms with Crippen molar-refractivity contribution in [2.75, 3.05) is 7.11 Å². The molecule has 0 amide bonds. The van der Waals surface area contributed by atoms with Gasteiger partial charge in [-0.05, 0) is 48.4 Å². The molecule has 1 aliphatic rings. The molecule has 0 aromatic heterocycles. The number of carboxylic acid groups (broad SMARTS) is 1. The van der Waals surface area contributed by atoms with Crippen molar-refractivity contribution in [1.29, 1.82) is 0 Å². The van der Waals surface area contributed by atoms with Crippen molar-refractivity contribution < 1.29 is 14.6 Å². The van der Waals surface area contributed by atoms with E-state index in [-0.39, 0.29) is 12.3 Å². The summed E-state index contributed by atoms with van der Waals surface area (Å²) in [6, 6.07) is 5.87. The van der Waals surface area contributed by atoms with Crippen LogP contribution in [0.4, 0.5) is 0 Å². The summed E-state index contributed by atoms with van der Waals surface area (Å²) < 4.78 is 5.13. The van der Waals surface area contributed by atoms with E-state index in [1.54, 1.807) is 7.11 Å². The van der Waals surface area contributed by atoms with Gasteiger partial charge in [-0.3, -0.25) is 0 Å². The lowest BCUT2D eigenvalue weighted by molar-refractivity contribution is -0.306. The first-order valence-corrected chi connectivity index (χ1v) is 5.07. The Morgan fingerprint density at radius 1 is 1.60 bits per heavy atom. The van der Waals surface area contributed by atoms with Crippen LogP contribution in [0.5, 0.6) is 5.75 Å². The maximum Gasteiger partial charge on any atom is 0.119 e. The molecule has 0 heterocycles. The number of fused-ring (bicyclic) bond motifs is 1. The molecule has 15 heavy (non-hydrogen) atoms. The number of hydrogen-bond donors (Lipinski definition) is 0. The molecule has 80 valence electrons. The number of ether oxygens (including phenoxy) is 1. The molecule has 2 rings (SSSR count). The number of rotatable bonds is 3. The predicted molar refractivity (Wildman–Crippen MR) is 53.7 cm³/mol. The van der Waals surface area contributed by atoms with Gasteiger partial charge in [0.05, 0.1) is 7.11 Å². The second kappa shape index (κ2) is 3.93. The van der Waals surface area contributed by atoms with E-state index in [4.69, 9.17) is 4.74 Å². The van der Waals surface area contributed by atoms with Crippen LogP contribution in [-0.2, 0) is 11.2 Å². The van der Waals surface area contributed by atoms with Crippen LogP contribution in [0.25, 0.3) is 0 Å². The van der Waals surface area contributed by atoms with Gasteiger partial charge in [0.1, 0.15) is 5.75 Å². The van der Waals surface area contributed by atoms with Crippen LogP contribution in [-0.4, -0.2) is 13.1 Å². The molecule has 0 aliphatic heterocycles. The molecule has 0 radical (unpaired) electrons. The highest BCUT2D eigenvalue weighted by atomic mass is 16.5. The summed E-state index contributed by atoms with van der Waals surface area (Å²) in [6.45, 7) is 0. The molecular weight excluding hydrogens is 192 g/mol. The quantitative estimate of drug-likeness (QED) is 0.735.